The molecule has 0 N–H and O–H groups in total. The Morgan fingerprint density at radius 2 is 1.96 bits per heavy atom. The highest BCUT2D eigenvalue weighted by Crippen LogP contribution is 2.28. The van der Waals surface area contributed by atoms with Crippen LogP contribution >= 0.6 is 11.8 Å². The van der Waals surface area contributed by atoms with E-state index in [0.717, 1.165) is 30.5 Å². The van der Waals surface area contributed by atoms with Crippen molar-refractivity contribution < 1.29 is 9.21 Å². The summed E-state index contributed by atoms with van der Waals surface area (Å²) in [7, 11) is 0. The molecule has 6 heteroatoms. The van der Waals surface area contributed by atoms with Gasteiger partial charge in [0.1, 0.15) is 0 Å². The van der Waals surface area contributed by atoms with Gasteiger partial charge in [0.2, 0.25) is 11.8 Å². The maximum absolute atomic E-state index is 12.5. The van der Waals surface area contributed by atoms with Gasteiger partial charge in [0.15, 0.2) is 0 Å². The zero-order chi connectivity index (χ0) is 19.4. The molecule has 1 aliphatic rings. The quantitative estimate of drug-likeness (QED) is 0.652. The first-order valence-electron chi connectivity index (χ1n) is 9.45. The minimum Gasteiger partial charge on any atom is -0.411 e. The van der Waals surface area contributed by atoms with Crippen molar-refractivity contribution >= 4 is 17.7 Å². The fourth-order valence-corrected chi connectivity index (χ4v) is 3.78. The van der Waals surface area contributed by atoms with Crippen molar-refractivity contribution in [3.8, 4) is 11.5 Å². The molecule has 0 unspecified atom stereocenters. The number of carbonyl (C=O) groups excluding carboxylic acids is 1. The van der Waals surface area contributed by atoms with Crippen molar-refractivity contribution in [2.75, 3.05) is 12.3 Å². The van der Waals surface area contributed by atoms with Crippen LogP contribution in [-0.2, 0) is 10.2 Å². The molecule has 5 nitrogen and oxygen atoms in total. The summed E-state index contributed by atoms with van der Waals surface area (Å²) >= 11 is 1.30. The summed E-state index contributed by atoms with van der Waals surface area (Å²) in [5.74, 6) is 0.872. The third-order valence-corrected chi connectivity index (χ3v) is 5.51. The van der Waals surface area contributed by atoms with E-state index in [4.69, 9.17) is 4.42 Å². The second-order valence-electron chi connectivity index (χ2n) is 7.71. The number of nitrogens with zero attached hydrogens (tertiary/aromatic N) is 3. The highest BCUT2D eigenvalue weighted by atomic mass is 32.2. The second-order valence-corrected chi connectivity index (χ2v) is 8.64. The van der Waals surface area contributed by atoms with Gasteiger partial charge in [0, 0.05) is 17.8 Å². The van der Waals surface area contributed by atoms with Gasteiger partial charge in [0.05, 0.1) is 5.75 Å². The summed E-state index contributed by atoms with van der Waals surface area (Å²) in [5.41, 5.74) is 3.40. The molecular formula is C21H27N3O2S. The summed E-state index contributed by atoms with van der Waals surface area (Å²) in [6, 6.07) is 8.17. The van der Waals surface area contributed by atoms with E-state index in [1.807, 2.05) is 24.0 Å². The molecule has 1 aromatic carbocycles. The third kappa shape index (κ3) is 4.80. The summed E-state index contributed by atoms with van der Waals surface area (Å²) in [4.78, 5) is 14.4. The number of benzene rings is 1. The van der Waals surface area contributed by atoms with Gasteiger partial charge >= 0.3 is 0 Å². The molecule has 0 spiro atoms. The normalized spacial score (nSPS) is 14.3. The Balaban J connectivity index is 1.61. The van der Waals surface area contributed by atoms with Crippen LogP contribution in [0.15, 0.2) is 45.7 Å². The van der Waals surface area contributed by atoms with E-state index >= 15 is 0 Å². The number of amides is 1. The van der Waals surface area contributed by atoms with Gasteiger partial charge in [-0.1, -0.05) is 50.7 Å². The largest absolute Gasteiger partial charge is 0.411 e. The molecule has 0 fully saturated rings. The molecule has 0 saturated heterocycles. The first kappa shape index (κ1) is 19.7. The molecule has 3 rings (SSSR count). The van der Waals surface area contributed by atoms with Crippen molar-refractivity contribution in [2.24, 2.45) is 0 Å². The van der Waals surface area contributed by atoms with Gasteiger partial charge < -0.3 is 9.32 Å². The second kappa shape index (κ2) is 8.30. The van der Waals surface area contributed by atoms with Crippen molar-refractivity contribution in [1.29, 1.82) is 0 Å². The molecule has 2 aromatic rings. The smallest absolute Gasteiger partial charge is 0.277 e. The fraction of sp³-hybridized carbons (Fsp3) is 0.476. The van der Waals surface area contributed by atoms with Crippen molar-refractivity contribution in [3.05, 3.63) is 41.6 Å². The van der Waals surface area contributed by atoms with Crippen LogP contribution in [-0.4, -0.2) is 33.3 Å². The van der Waals surface area contributed by atoms with Crippen molar-refractivity contribution in [3.63, 3.8) is 0 Å². The standard InChI is InChI=1S/C21H27N3O2S/c1-5-24(17-8-6-7-9-17)18(25)14-27-20-23-22-19(26-20)15-10-12-16(13-11-15)21(2,3)4/h8,10-13H,5-7,9,14H2,1-4H3. The molecule has 1 aromatic heterocycles. The van der Waals surface area contributed by atoms with Crippen LogP contribution in [0, 0.1) is 0 Å². The lowest BCUT2D eigenvalue weighted by Gasteiger charge is -2.21. The monoisotopic (exact) mass is 385 g/mol. The molecule has 1 heterocycles. The van der Waals surface area contributed by atoms with E-state index in [2.05, 4.69) is 49.2 Å². The lowest BCUT2D eigenvalue weighted by atomic mass is 9.87. The number of rotatable bonds is 6. The van der Waals surface area contributed by atoms with Crippen LogP contribution in [0.5, 0.6) is 0 Å². The van der Waals surface area contributed by atoms with Gasteiger partial charge in [-0.2, -0.15) is 0 Å². The molecule has 0 atom stereocenters. The van der Waals surface area contributed by atoms with Gasteiger partial charge in [-0.15, -0.1) is 10.2 Å². The first-order valence-corrected chi connectivity index (χ1v) is 10.4. The van der Waals surface area contributed by atoms with Crippen LogP contribution in [0.1, 0.15) is 52.5 Å². The van der Waals surface area contributed by atoms with E-state index in [1.165, 1.54) is 17.3 Å². The van der Waals surface area contributed by atoms with E-state index in [1.54, 1.807) is 0 Å². The Labute approximate surface area is 165 Å². The van der Waals surface area contributed by atoms with Crippen molar-refractivity contribution in [1.82, 2.24) is 15.1 Å². The number of carbonyl (C=O) groups is 1. The fourth-order valence-electron chi connectivity index (χ4n) is 3.14. The molecule has 0 aliphatic heterocycles. The Morgan fingerprint density at radius 3 is 2.56 bits per heavy atom. The van der Waals surface area contributed by atoms with Crippen molar-refractivity contribution in [2.45, 2.75) is 57.6 Å². The molecule has 0 bridgehead atoms. The molecule has 0 saturated carbocycles. The molecular weight excluding hydrogens is 358 g/mol. The lowest BCUT2D eigenvalue weighted by Crippen LogP contribution is -2.31. The predicted molar refractivity (Wildman–Crippen MR) is 108 cm³/mol. The molecule has 0 radical (unpaired) electrons. The Bertz CT molecular complexity index is 819. The summed E-state index contributed by atoms with van der Waals surface area (Å²) in [5, 5.41) is 8.63. The zero-order valence-corrected chi connectivity index (χ0v) is 17.3. The van der Waals surface area contributed by atoms with Crippen LogP contribution in [0.2, 0.25) is 0 Å². The van der Waals surface area contributed by atoms with Crippen LogP contribution < -0.4 is 0 Å². The number of hydrogen-bond acceptors (Lipinski definition) is 5. The zero-order valence-electron chi connectivity index (χ0n) is 16.5. The van der Waals surface area contributed by atoms with E-state index in [-0.39, 0.29) is 11.3 Å². The summed E-state index contributed by atoms with van der Waals surface area (Å²) in [6.45, 7) is 9.25. The highest BCUT2D eigenvalue weighted by molar-refractivity contribution is 7.99. The summed E-state index contributed by atoms with van der Waals surface area (Å²) < 4.78 is 5.74. The molecule has 1 aliphatic carbocycles. The van der Waals surface area contributed by atoms with E-state index in [0.29, 0.717) is 23.4 Å². The van der Waals surface area contributed by atoms with Gasteiger partial charge in [-0.3, -0.25) is 4.79 Å². The van der Waals surface area contributed by atoms with Crippen LogP contribution in [0.4, 0.5) is 0 Å². The summed E-state index contributed by atoms with van der Waals surface area (Å²) in [6.07, 6.45) is 5.35. The Kier molecular flexibility index (Phi) is 6.05. The van der Waals surface area contributed by atoms with Crippen LogP contribution in [0.3, 0.4) is 0 Å². The molecule has 27 heavy (non-hydrogen) atoms. The number of hydrogen-bond donors (Lipinski definition) is 0. The first-order chi connectivity index (χ1) is 12.9. The molecule has 144 valence electrons. The lowest BCUT2D eigenvalue weighted by molar-refractivity contribution is -0.126. The maximum Gasteiger partial charge on any atom is 0.277 e. The topological polar surface area (TPSA) is 59.2 Å². The number of thioether (sulfide) groups is 1. The third-order valence-electron chi connectivity index (χ3n) is 4.70. The molecule has 1 amide bonds. The number of aromatic nitrogens is 2. The van der Waals surface area contributed by atoms with Gasteiger partial charge in [0.25, 0.3) is 5.22 Å². The Hall–Kier alpha value is -2.08. The van der Waals surface area contributed by atoms with E-state index < -0.39 is 0 Å². The van der Waals surface area contributed by atoms with E-state index in [9.17, 15) is 4.79 Å². The minimum absolute atomic E-state index is 0.0879. The average Bonchev–Trinajstić information content (AvgIpc) is 3.32. The van der Waals surface area contributed by atoms with Gasteiger partial charge in [-0.25, -0.2) is 0 Å². The minimum atomic E-state index is 0.0879. The van der Waals surface area contributed by atoms with Gasteiger partial charge in [-0.05, 0) is 49.3 Å². The SMILES string of the molecule is CCN(C(=O)CSc1nnc(-c2ccc(C(C)(C)C)cc2)o1)C1=CCCC1. The predicted octanol–water partition coefficient (Wildman–Crippen LogP) is 5.04. The highest BCUT2D eigenvalue weighted by Gasteiger charge is 2.20. The Morgan fingerprint density at radius 1 is 1.22 bits per heavy atom. The maximum atomic E-state index is 12.5. The van der Waals surface area contributed by atoms with Crippen LogP contribution in [0.25, 0.3) is 11.5 Å². The average molecular weight is 386 g/mol. The number of allylic oxidation sites excluding steroid dienone is 2.